The molecule has 0 aliphatic heterocycles. The van der Waals surface area contributed by atoms with Crippen LogP contribution >= 0.6 is 0 Å². The third-order valence-electron chi connectivity index (χ3n) is 2.56. The summed E-state index contributed by atoms with van der Waals surface area (Å²) in [6.07, 6.45) is 0. The summed E-state index contributed by atoms with van der Waals surface area (Å²) in [6.45, 7) is 5.77. The van der Waals surface area contributed by atoms with Gasteiger partial charge in [0.05, 0.1) is 6.04 Å². The Morgan fingerprint density at radius 1 is 1.39 bits per heavy atom. The molecule has 2 aromatic rings. The van der Waals surface area contributed by atoms with E-state index >= 15 is 0 Å². The summed E-state index contributed by atoms with van der Waals surface area (Å²) in [4.78, 5) is 0. The van der Waals surface area contributed by atoms with Gasteiger partial charge in [0.15, 0.2) is 17.4 Å². The highest BCUT2D eigenvalue weighted by Gasteiger charge is 2.11. The van der Waals surface area contributed by atoms with Gasteiger partial charge >= 0.3 is 0 Å². The lowest BCUT2D eigenvalue weighted by Gasteiger charge is -2.10. The van der Waals surface area contributed by atoms with Crippen LogP contribution in [0.2, 0.25) is 0 Å². The molecule has 0 N–H and O–H groups in total. The number of halogens is 1. The molecule has 5 nitrogen and oxygen atoms in total. The van der Waals surface area contributed by atoms with Crippen molar-refractivity contribution >= 4 is 0 Å². The van der Waals surface area contributed by atoms with E-state index in [9.17, 15) is 4.39 Å². The van der Waals surface area contributed by atoms with Crippen molar-refractivity contribution in [3.8, 4) is 5.75 Å². The number of rotatable bonds is 4. The van der Waals surface area contributed by atoms with E-state index in [1.807, 2.05) is 13.8 Å². The summed E-state index contributed by atoms with van der Waals surface area (Å²) < 4.78 is 20.8. The molecular weight excluding hydrogens is 235 g/mol. The van der Waals surface area contributed by atoms with Crippen molar-refractivity contribution in [2.75, 3.05) is 0 Å². The molecule has 96 valence electrons. The molecule has 1 heterocycles. The predicted octanol–water partition coefficient (Wildman–Crippen LogP) is 2.28. The van der Waals surface area contributed by atoms with Gasteiger partial charge in [0, 0.05) is 0 Å². The lowest BCUT2D eigenvalue weighted by molar-refractivity contribution is 0.269. The van der Waals surface area contributed by atoms with E-state index in [1.165, 1.54) is 0 Å². The van der Waals surface area contributed by atoms with Crippen LogP contribution in [0.4, 0.5) is 4.39 Å². The molecule has 0 spiro atoms. The fourth-order valence-corrected chi connectivity index (χ4v) is 1.58. The van der Waals surface area contributed by atoms with Crippen LogP contribution in [0.1, 0.15) is 31.3 Å². The molecular formula is C12H15FN4O. The van der Waals surface area contributed by atoms with E-state index in [4.69, 9.17) is 4.74 Å². The highest BCUT2D eigenvalue weighted by molar-refractivity contribution is 5.30. The number of hydrogen-bond donors (Lipinski definition) is 0. The number of nitrogens with zero attached hydrogens (tertiary/aromatic N) is 4. The largest absolute Gasteiger partial charge is 0.482 e. The van der Waals surface area contributed by atoms with Crippen LogP contribution in [0.15, 0.2) is 18.2 Å². The maximum Gasteiger partial charge on any atom is 0.189 e. The van der Waals surface area contributed by atoms with Crippen molar-refractivity contribution < 1.29 is 9.13 Å². The summed E-state index contributed by atoms with van der Waals surface area (Å²) in [5.41, 5.74) is 0.552. The van der Waals surface area contributed by atoms with Crippen molar-refractivity contribution in [2.24, 2.45) is 0 Å². The van der Waals surface area contributed by atoms with Crippen molar-refractivity contribution in [2.45, 2.75) is 33.4 Å². The molecule has 18 heavy (non-hydrogen) atoms. The zero-order valence-electron chi connectivity index (χ0n) is 10.6. The second kappa shape index (κ2) is 5.12. The molecule has 0 radical (unpaired) electrons. The smallest absolute Gasteiger partial charge is 0.189 e. The summed E-state index contributed by atoms with van der Waals surface area (Å²) in [6, 6.07) is 5.17. The highest BCUT2D eigenvalue weighted by Crippen LogP contribution is 2.20. The first-order chi connectivity index (χ1) is 8.59. The van der Waals surface area contributed by atoms with Crippen molar-refractivity contribution in [1.82, 2.24) is 20.2 Å². The Balaban J connectivity index is 2.12. The quantitative estimate of drug-likeness (QED) is 0.835. The SMILES string of the molecule is Cc1cccc(OCc2nnnn2C(C)C)c1F. The number of aryl methyl sites for hydroxylation is 1. The Hall–Kier alpha value is -1.98. The van der Waals surface area contributed by atoms with Gasteiger partial charge in [0.1, 0.15) is 6.61 Å². The van der Waals surface area contributed by atoms with Crippen molar-refractivity contribution in [3.05, 3.63) is 35.4 Å². The number of tetrazole rings is 1. The minimum absolute atomic E-state index is 0.140. The minimum atomic E-state index is -0.346. The van der Waals surface area contributed by atoms with E-state index in [2.05, 4.69) is 15.5 Å². The first kappa shape index (κ1) is 12.5. The van der Waals surface area contributed by atoms with Gasteiger partial charge in [-0.3, -0.25) is 0 Å². The van der Waals surface area contributed by atoms with Crippen LogP contribution in [0.5, 0.6) is 5.75 Å². The van der Waals surface area contributed by atoms with Crippen LogP contribution in [0.3, 0.4) is 0 Å². The second-order valence-electron chi connectivity index (χ2n) is 4.31. The molecule has 1 aromatic carbocycles. The van der Waals surface area contributed by atoms with E-state index in [0.29, 0.717) is 11.4 Å². The van der Waals surface area contributed by atoms with Gasteiger partial charge in [0.25, 0.3) is 0 Å². The van der Waals surface area contributed by atoms with Crippen LogP contribution in [0.25, 0.3) is 0 Å². The van der Waals surface area contributed by atoms with Crippen LogP contribution < -0.4 is 4.74 Å². The Labute approximate surface area is 105 Å². The number of ether oxygens (including phenoxy) is 1. The minimum Gasteiger partial charge on any atom is -0.482 e. The van der Waals surface area contributed by atoms with Gasteiger partial charge in [-0.1, -0.05) is 12.1 Å². The number of benzene rings is 1. The molecule has 0 atom stereocenters. The van der Waals surface area contributed by atoms with Gasteiger partial charge in [0.2, 0.25) is 0 Å². The Morgan fingerprint density at radius 2 is 2.17 bits per heavy atom. The molecule has 0 bridgehead atoms. The molecule has 0 aliphatic carbocycles. The Kier molecular flexibility index (Phi) is 3.55. The highest BCUT2D eigenvalue weighted by atomic mass is 19.1. The van der Waals surface area contributed by atoms with Crippen LogP contribution in [0, 0.1) is 12.7 Å². The van der Waals surface area contributed by atoms with Crippen molar-refractivity contribution in [3.63, 3.8) is 0 Å². The van der Waals surface area contributed by atoms with E-state index in [1.54, 1.807) is 29.8 Å². The third kappa shape index (κ3) is 2.47. The summed E-state index contributed by atoms with van der Waals surface area (Å²) >= 11 is 0. The molecule has 0 fully saturated rings. The second-order valence-corrected chi connectivity index (χ2v) is 4.31. The van der Waals surface area contributed by atoms with Crippen LogP contribution in [-0.4, -0.2) is 20.2 Å². The van der Waals surface area contributed by atoms with Gasteiger partial charge in [-0.15, -0.1) is 5.10 Å². The van der Waals surface area contributed by atoms with E-state index in [0.717, 1.165) is 0 Å². The van der Waals surface area contributed by atoms with Gasteiger partial charge in [-0.25, -0.2) is 9.07 Å². The molecule has 1 aromatic heterocycles. The van der Waals surface area contributed by atoms with Crippen molar-refractivity contribution in [1.29, 1.82) is 0 Å². The molecule has 0 saturated carbocycles. The summed E-state index contributed by atoms with van der Waals surface area (Å²) in [5, 5.41) is 11.3. The Morgan fingerprint density at radius 3 is 2.89 bits per heavy atom. The third-order valence-corrected chi connectivity index (χ3v) is 2.56. The molecule has 0 unspecified atom stereocenters. The van der Waals surface area contributed by atoms with E-state index in [-0.39, 0.29) is 24.2 Å². The molecule has 6 heteroatoms. The topological polar surface area (TPSA) is 52.8 Å². The average Bonchev–Trinajstić information content (AvgIpc) is 2.79. The van der Waals surface area contributed by atoms with E-state index < -0.39 is 0 Å². The normalized spacial score (nSPS) is 10.9. The lowest BCUT2D eigenvalue weighted by atomic mass is 10.2. The fraction of sp³-hybridized carbons (Fsp3) is 0.417. The summed E-state index contributed by atoms with van der Waals surface area (Å²) in [5.74, 6) is 0.445. The molecule has 0 saturated heterocycles. The monoisotopic (exact) mass is 250 g/mol. The molecule has 0 aliphatic rings. The predicted molar refractivity (Wildman–Crippen MR) is 63.7 cm³/mol. The standard InChI is InChI=1S/C12H15FN4O/c1-8(2)17-11(14-15-16-17)7-18-10-6-4-5-9(3)12(10)13/h4-6,8H,7H2,1-3H3. The summed E-state index contributed by atoms with van der Waals surface area (Å²) in [7, 11) is 0. The van der Waals surface area contributed by atoms with Gasteiger partial charge in [-0.2, -0.15) is 0 Å². The Bertz CT molecular complexity index is 539. The van der Waals surface area contributed by atoms with Gasteiger partial charge in [-0.05, 0) is 42.8 Å². The first-order valence-corrected chi connectivity index (χ1v) is 5.74. The fourth-order valence-electron chi connectivity index (χ4n) is 1.58. The van der Waals surface area contributed by atoms with Crippen LogP contribution in [-0.2, 0) is 6.61 Å². The zero-order chi connectivity index (χ0) is 13.1. The average molecular weight is 250 g/mol. The maximum atomic E-state index is 13.7. The maximum absolute atomic E-state index is 13.7. The lowest BCUT2D eigenvalue weighted by Crippen LogP contribution is -2.11. The number of hydrogen-bond acceptors (Lipinski definition) is 4. The zero-order valence-corrected chi connectivity index (χ0v) is 10.6. The molecule has 2 rings (SSSR count). The molecule has 0 amide bonds. The first-order valence-electron chi connectivity index (χ1n) is 5.74. The van der Waals surface area contributed by atoms with Gasteiger partial charge < -0.3 is 4.74 Å². The number of aromatic nitrogens is 4.